The number of nitrogens with zero attached hydrogens (tertiary/aromatic N) is 2. The molecule has 1 N–H and O–H groups in total. The standard InChI is InChI=1S/C18H20BrN3O3/c1-12(2)22-16(10-11-20-22)21-18(24)13(3)25-17(23)9-8-14-6-4-5-7-15(14)19/h4-13H,1-3H3,(H,21,24)/b9-8+/t13-/m1/s1. The lowest BCUT2D eigenvalue weighted by molar-refractivity contribution is -0.148. The van der Waals surface area contributed by atoms with Gasteiger partial charge in [0, 0.05) is 22.7 Å². The highest BCUT2D eigenvalue weighted by Crippen LogP contribution is 2.17. The monoisotopic (exact) mass is 405 g/mol. The van der Waals surface area contributed by atoms with Gasteiger partial charge in [0.05, 0.1) is 6.20 Å². The van der Waals surface area contributed by atoms with Crippen LogP contribution in [0.25, 0.3) is 6.08 Å². The molecule has 0 saturated heterocycles. The molecule has 6 nitrogen and oxygen atoms in total. The first-order chi connectivity index (χ1) is 11.9. The molecule has 1 aromatic heterocycles. The van der Waals surface area contributed by atoms with Crippen LogP contribution in [0.3, 0.4) is 0 Å². The van der Waals surface area contributed by atoms with E-state index >= 15 is 0 Å². The molecule has 0 saturated carbocycles. The van der Waals surface area contributed by atoms with E-state index in [-0.39, 0.29) is 6.04 Å². The number of esters is 1. The molecule has 25 heavy (non-hydrogen) atoms. The van der Waals surface area contributed by atoms with Gasteiger partial charge in [-0.15, -0.1) is 0 Å². The molecule has 1 amide bonds. The molecule has 2 aromatic rings. The molecular weight excluding hydrogens is 386 g/mol. The van der Waals surface area contributed by atoms with Crippen LogP contribution in [0.2, 0.25) is 0 Å². The quantitative estimate of drug-likeness (QED) is 0.585. The topological polar surface area (TPSA) is 73.2 Å². The van der Waals surface area contributed by atoms with Crippen molar-refractivity contribution < 1.29 is 14.3 Å². The Bertz CT molecular complexity index is 783. The van der Waals surface area contributed by atoms with Crippen molar-refractivity contribution in [3.05, 3.63) is 52.6 Å². The van der Waals surface area contributed by atoms with E-state index in [1.54, 1.807) is 23.0 Å². The van der Waals surface area contributed by atoms with Gasteiger partial charge in [0.1, 0.15) is 5.82 Å². The lowest BCUT2D eigenvalue weighted by atomic mass is 10.2. The van der Waals surface area contributed by atoms with Crippen LogP contribution in [-0.2, 0) is 14.3 Å². The predicted molar refractivity (Wildman–Crippen MR) is 100.0 cm³/mol. The number of carbonyl (C=O) groups excluding carboxylic acids is 2. The normalized spacial score (nSPS) is 12.4. The van der Waals surface area contributed by atoms with Gasteiger partial charge in [-0.05, 0) is 38.5 Å². The maximum absolute atomic E-state index is 12.2. The number of benzene rings is 1. The zero-order valence-electron chi connectivity index (χ0n) is 14.3. The molecule has 1 heterocycles. The van der Waals surface area contributed by atoms with Gasteiger partial charge in [-0.1, -0.05) is 34.1 Å². The summed E-state index contributed by atoms with van der Waals surface area (Å²) in [7, 11) is 0. The van der Waals surface area contributed by atoms with Crippen molar-refractivity contribution in [2.75, 3.05) is 5.32 Å². The summed E-state index contributed by atoms with van der Waals surface area (Å²) in [6.07, 6.45) is 3.60. The van der Waals surface area contributed by atoms with Crippen LogP contribution >= 0.6 is 15.9 Å². The third kappa shape index (κ3) is 5.29. The van der Waals surface area contributed by atoms with Crippen LogP contribution in [0.4, 0.5) is 5.82 Å². The zero-order chi connectivity index (χ0) is 18.4. The second-order valence-electron chi connectivity index (χ2n) is 5.68. The second kappa shape index (κ2) is 8.62. The van der Waals surface area contributed by atoms with Crippen molar-refractivity contribution in [1.29, 1.82) is 0 Å². The number of halogens is 1. The number of hydrogen-bond acceptors (Lipinski definition) is 4. The Kier molecular flexibility index (Phi) is 6.52. The summed E-state index contributed by atoms with van der Waals surface area (Å²) in [5.74, 6) is -0.438. The number of amides is 1. The number of carbonyl (C=O) groups is 2. The van der Waals surface area contributed by atoms with Crippen LogP contribution in [0.5, 0.6) is 0 Å². The summed E-state index contributed by atoms with van der Waals surface area (Å²) in [4.78, 5) is 24.1. The fourth-order valence-corrected chi connectivity index (χ4v) is 2.50. The van der Waals surface area contributed by atoms with E-state index in [2.05, 4.69) is 26.3 Å². The van der Waals surface area contributed by atoms with Gasteiger partial charge >= 0.3 is 5.97 Å². The van der Waals surface area contributed by atoms with Crippen LogP contribution in [0.1, 0.15) is 32.4 Å². The minimum absolute atomic E-state index is 0.107. The van der Waals surface area contributed by atoms with Crippen LogP contribution in [0, 0.1) is 0 Å². The summed E-state index contributed by atoms with van der Waals surface area (Å²) >= 11 is 3.40. The molecule has 0 aliphatic rings. The van der Waals surface area contributed by atoms with Crippen LogP contribution in [-0.4, -0.2) is 27.8 Å². The summed E-state index contributed by atoms with van der Waals surface area (Å²) in [6.45, 7) is 5.44. The first-order valence-electron chi connectivity index (χ1n) is 7.86. The SMILES string of the molecule is CC(C)n1nccc1NC(=O)[C@@H](C)OC(=O)/C=C/c1ccccc1Br. The van der Waals surface area contributed by atoms with E-state index in [9.17, 15) is 9.59 Å². The van der Waals surface area contributed by atoms with E-state index in [0.717, 1.165) is 10.0 Å². The smallest absolute Gasteiger partial charge is 0.331 e. The third-order valence-corrected chi connectivity index (χ3v) is 4.10. The molecule has 2 rings (SSSR count). The Morgan fingerprint density at radius 2 is 1.96 bits per heavy atom. The average molecular weight is 406 g/mol. The minimum atomic E-state index is -0.924. The Morgan fingerprint density at radius 3 is 2.64 bits per heavy atom. The van der Waals surface area contributed by atoms with E-state index in [1.165, 1.54) is 13.0 Å². The Morgan fingerprint density at radius 1 is 1.24 bits per heavy atom. The fraction of sp³-hybridized carbons (Fsp3) is 0.278. The number of nitrogens with one attached hydrogen (secondary N) is 1. The number of ether oxygens (including phenoxy) is 1. The lowest BCUT2D eigenvalue weighted by Gasteiger charge is -2.15. The van der Waals surface area contributed by atoms with Gasteiger partial charge < -0.3 is 10.1 Å². The summed E-state index contributed by atoms with van der Waals surface area (Å²) < 4.78 is 7.69. The largest absolute Gasteiger partial charge is 0.449 e. The number of anilines is 1. The summed E-state index contributed by atoms with van der Waals surface area (Å²) in [5, 5.41) is 6.85. The van der Waals surface area contributed by atoms with Gasteiger partial charge in [-0.2, -0.15) is 5.10 Å². The Hall–Kier alpha value is -2.41. The minimum Gasteiger partial charge on any atom is -0.449 e. The second-order valence-corrected chi connectivity index (χ2v) is 6.53. The van der Waals surface area contributed by atoms with Crippen molar-refractivity contribution in [3.63, 3.8) is 0 Å². The van der Waals surface area contributed by atoms with Crippen molar-refractivity contribution >= 4 is 39.7 Å². The molecule has 0 unspecified atom stereocenters. The fourth-order valence-electron chi connectivity index (χ4n) is 2.09. The van der Waals surface area contributed by atoms with Crippen molar-refractivity contribution in [3.8, 4) is 0 Å². The van der Waals surface area contributed by atoms with Crippen molar-refractivity contribution in [1.82, 2.24) is 9.78 Å². The highest BCUT2D eigenvalue weighted by atomic mass is 79.9. The maximum Gasteiger partial charge on any atom is 0.331 e. The van der Waals surface area contributed by atoms with Crippen molar-refractivity contribution in [2.45, 2.75) is 32.9 Å². The molecule has 1 atom stereocenters. The number of aromatic nitrogens is 2. The summed E-state index contributed by atoms with van der Waals surface area (Å²) in [5.41, 5.74) is 0.845. The van der Waals surface area contributed by atoms with Crippen LogP contribution in [0.15, 0.2) is 47.1 Å². The predicted octanol–water partition coefficient (Wildman–Crippen LogP) is 3.81. The molecular formula is C18H20BrN3O3. The molecule has 0 radical (unpaired) electrons. The number of hydrogen-bond donors (Lipinski definition) is 1. The van der Waals surface area contributed by atoms with Gasteiger partial charge in [0.15, 0.2) is 6.10 Å². The average Bonchev–Trinajstić information content (AvgIpc) is 3.02. The van der Waals surface area contributed by atoms with E-state index in [0.29, 0.717) is 5.82 Å². The molecule has 0 aliphatic carbocycles. The third-order valence-electron chi connectivity index (χ3n) is 3.38. The molecule has 132 valence electrons. The molecule has 7 heteroatoms. The van der Waals surface area contributed by atoms with Gasteiger partial charge in [-0.25, -0.2) is 9.48 Å². The lowest BCUT2D eigenvalue weighted by Crippen LogP contribution is -2.30. The highest BCUT2D eigenvalue weighted by Gasteiger charge is 2.18. The zero-order valence-corrected chi connectivity index (χ0v) is 15.9. The Labute approximate surface area is 155 Å². The Balaban J connectivity index is 1.93. The first kappa shape index (κ1) is 18.9. The van der Waals surface area contributed by atoms with Crippen molar-refractivity contribution in [2.24, 2.45) is 0 Å². The number of rotatable bonds is 6. The van der Waals surface area contributed by atoms with Gasteiger partial charge in [0.2, 0.25) is 0 Å². The molecule has 0 fully saturated rings. The van der Waals surface area contributed by atoms with Gasteiger partial charge in [-0.3, -0.25) is 4.79 Å². The molecule has 0 aliphatic heterocycles. The molecule has 0 spiro atoms. The van der Waals surface area contributed by atoms with Crippen LogP contribution < -0.4 is 5.32 Å². The highest BCUT2D eigenvalue weighted by molar-refractivity contribution is 9.10. The molecule has 0 bridgehead atoms. The van der Waals surface area contributed by atoms with E-state index < -0.39 is 18.0 Å². The van der Waals surface area contributed by atoms with Gasteiger partial charge in [0.25, 0.3) is 5.91 Å². The van der Waals surface area contributed by atoms with E-state index in [4.69, 9.17) is 4.74 Å². The first-order valence-corrected chi connectivity index (χ1v) is 8.65. The maximum atomic E-state index is 12.2. The van der Waals surface area contributed by atoms with E-state index in [1.807, 2.05) is 38.1 Å². The molecule has 1 aromatic carbocycles. The summed E-state index contributed by atoms with van der Waals surface area (Å²) in [6, 6.07) is 9.28.